The molecule has 4 amide bonds. The number of amides is 4. The lowest BCUT2D eigenvalue weighted by molar-refractivity contribution is -0.400. The van der Waals surface area contributed by atoms with Crippen LogP contribution in [0.25, 0.3) is 0 Å². The molecule has 29 heteroatoms. The number of nitrogens with one attached hydrogen (secondary N) is 4. The molecule has 0 saturated carbocycles. The summed E-state index contributed by atoms with van der Waals surface area (Å²) >= 11 is 0. The third-order valence-electron chi connectivity index (χ3n) is 14.2. The second-order valence-corrected chi connectivity index (χ2v) is 20.3. The zero-order valence-electron chi connectivity index (χ0n) is 44.9. The quantitative estimate of drug-likeness (QED) is 0.0273. The van der Waals surface area contributed by atoms with E-state index in [1.807, 2.05) is 0 Å². The number of aliphatic hydroxyl groups excluding tert-OH is 8. The highest BCUT2D eigenvalue weighted by atomic mass is 16.8. The predicted molar refractivity (Wildman–Crippen MR) is 260 cm³/mol. The maximum atomic E-state index is 13.3. The van der Waals surface area contributed by atoms with Crippen molar-refractivity contribution in [2.45, 2.75) is 253 Å². The fraction of sp³-hybridized carbons (Fsp3) is 0.878. The van der Waals surface area contributed by atoms with Crippen LogP contribution in [0.2, 0.25) is 0 Å². The van der Waals surface area contributed by atoms with Gasteiger partial charge in [-0.15, -0.1) is 0 Å². The van der Waals surface area contributed by atoms with Gasteiger partial charge in [-0.05, 0) is 46.5 Å². The molecule has 0 aromatic heterocycles. The number of aliphatic hydroxyl groups is 8. The molecule has 5 saturated heterocycles. The van der Waals surface area contributed by atoms with Gasteiger partial charge in [-0.25, -0.2) is 0 Å². The van der Waals surface area contributed by atoms with E-state index in [9.17, 15) is 69.6 Å². The molecular weight excluding hydrogens is 1040 g/mol. The second kappa shape index (κ2) is 30.9. The highest BCUT2D eigenvalue weighted by molar-refractivity contribution is 5.78. The molecule has 0 aromatic rings. The third kappa shape index (κ3) is 17.7. The molecule has 0 aliphatic carbocycles. The number of rotatable bonds is 27. The van der Waals surface area contributed by atoms with Gasteiger partial charge >= 0.3 is 0 Å². The first-order chi connectivity index (χ1) is 37.0. The Morgan fingerprint density at radius 1 is 0.526 bits per heavy atom. The number of hydrogen-bond acceptors (Lipinski definition) is 25. The lowest BCUT2D eigenvalue weighted by atomic mass is 9.94. The van der Waals surface area contributed by atoms with Crippen LogP contribution in [0, 0.1) is 0 Å². The number of hydrogen-bond donors (Lipinski definition) is 12. The van der Waals surface area contributed by atoms with Gasteiger partial charge < -0.3 is 114 Å². The van der Waals surface area contributed by atoms with Crippen molar-refractivity contribution >= 4 is 35.9 Å². The van der Waals surface area contributed by atoms with Crippen molar-refractivity contribution in [2.24, 2.45) is 0 Å². The third-order valence-corrected chi connectivity index (χ3v) is 14.2. The zero-order valence-corrected chi connectivity index (χ0v) is 44.9. The summed E-state index contributed by atoms with van der Waals surface area (Å²) in [5, 5.41) is 98.2. The Labute approximate surface area is 451 Å². The van der Waals surface area contributed by atoms with Crippen molar-refractivity contribution in [2.75, 3.05) is 20.3 Å². The van der Waals surface area contributed by atoms with Crippen molar-refractivity contribution in [1.82, 2.24) is 21.3 Å². The van der Waals surface area contributed by atoms with Gasteiger partial charge in [-0.3, -0.25) is 28.8 Å². The van der Waals surface area contributed by atoms with E-state index in [1.54, 1.807) is 7.05 Å². The second-order valence-electron chi connectivity index (χ2n) is 20.3. The summed E-state index contributed by atoms with van der Waals surface area (Å²) in [6, 6.07) is -4.36. The monoisotopic (exact) mass is 1130 g/mol. The van der Waals surface area contributed by atoms with Gasteiger partial charge in [0, 0.05) is 60.1 Å². The summed E-state index contributed by atoms with van der Waals surface area (Å²) in [7, 11) is 1.56. The number of ketones is 1. The van der Waals surface area contributed by atoms with Crippen LogP contribution in [0.3, 0.4) is 0 Å². The first kappa shape index (κ1) is 65.1. The molecule has 0 spiro atoms. The number of carbonyl (C=O) groups is 6. The van der Waals surface area contributed by atoms with E-state index < -0.39 is 172 Å². The Morgan fingerprint density at radius 3 is 1.69 bits per heavy atom. The fourth-order valence-corrected chi connectivity index (χ4v) is 9.95. The van der Waals surface area contributed by atoms with Crippen molar-refractivity contribution in [3.63, 3.8) is 0 Å². The van der Waals surface area contributed by atoms with Crippen molar-refractivity contribution < 1.29 is 122 Å². The Morgan fingerprint density at radius 2 is 1.06 bits per heavy atom. The van der Waals surface area contributed by atoms with E-state index in [0.717, 1.165) is 13.8 Å². The van der Waals surface area contributed by atoms with Gasteiger partial charge in [0.1, 0.15) is 91.1 Å². The van der Waals surface area contributed by atoms with Gasteiger partial charge in [-0.2, -0.15) is 0 Å². The normalized spacial score (nSPS) is 40.0. The average molecular weight is 1130 g/mol. The predicted octanol–water partition coefficient (Wildman–Crippen LogP) is -4.39. The molecular formula is C49H82N4O25. The topological polar surface area (TPSA) is 414 Å². The molecule has 12 N–H and O–H groups in total. The Hall–Kier alpha value is -3.70. The molecule has 5 rings (SSSR count). The van der Waals surface area contributed by atoms with E-state index >= 15 is 0 Å². The molecule has 24 atom stereocenters. The van der Waals surface area contributed by atoms with Crippen molar-refractivity contribution in [1.29, 1.82) is 0 Å². The SMILES string of the molecule is CNC(=O)CCCCC(=O)CCCCCCO[C@@H]1OC(C)[C@@H](O)[C@H](O[C@@H]2OC(C)[C@@H](O[C@H]3C[C@@H](O)[C@H](O)C(CO)O3)[C@H](O[C@@H]3OC(OC=O)[C@@H](O)[C@H](O)C3O[C@@H]3OC(C)[C@@H](O)[C@H](O)C3NC(C)=O)C2NC(C)=O)C1NC(C)=O. The van der Waals surface area contributed by atoms with Crippen LogP contribution in [-0.2, 0) is 80.9 Å². The molecule has 29 nitrogen and oxygen atoms in total. The standard InChI is InChI=1S/C49H82N4O25/c1-21-35(62)38(65)32(51-24(4)56)46(71-21)77-44-39(66)40(67)48(69-20-55)78-49(44)76-43-34(53-26(6)58)47(72-23(3)41(43)74-31-18-28(60)37(64)29(19-54)73-31)75-42-33(52-25(5)57)45(70-22(2)36(42)63)68-17-13-9-8-10-14-27(59)15-11-12-16-30(61)50-7/h20-23,28-29,31-49,54,60,62-67H,8-19H2,1-7H3,(H,50,61)(H,51,56)(H,52,57)(H,53,58)/t21?,22?,23?,28-,29?,31+,32?,33?,34?,35-,36-,37+,38-,39+,40+,41-,42-,43-,44?,45-,46+,47+,48?,49-/m1/s1. The minimum atomic E-state index is -2.11. The molecule has 5 fully saturated rings. The van der Waals surface area contributed by atoms with Gasteiger partial charge in [0.25, 0.3) is 6.47 Å². The van der Waals surface area contributed by atoms with Crippen molar-refractivity contribution in [3.8, 4) is 0 Å². The van der Waals surface area contributed by atoms with Crippen LogP contribution in [0.1, 0.15) is 106 Å². The van der Waals surface area contributed by atoms with E-state index in [-0.39, 0.29) is 31.2 Å². The molecule has 0 radical (unpaired) electrons. The summed E-state index contributed by atoms with van der Waals surface area (Å²) in [5.74, 6) is -1.97. The molecule has 0 bridgehead atoms. The first-order valence-electron chi connectivity index (χ1n) is 26.5. The largest absolute Gasteiger partial charge is 0.435 e. The van der Waals surface area contributed by atoms with E-state index in [2.05, 4.69) is 21.3 Å². The number of unbranched alkanes of at least 4 members (excludes halogenated alkanes) is 4. The molecule has 5 heterocycles. The highest BCUT2D eigenvalue weighted by Gasteiger charge is 2.57. The van der Waals surface area contributed by atoms with Gasteiger partial charge in [0.15, 0.2) is 31.5 Å². The molecule has 5 aliphatic rings. The maximum absolute atomic E-state index is 13.3. The minimum Gasteiger partial charge on any atom is -0.435 e. The number of carbonyl (C=O) groups excluding carboxylic acids is 6. The Kier molecular flexibility index (Phi) is 25.8. The van der Waals surface area contributed by atoms with Crippen LogP contribution in [0.4, 0.5) is 0 Å². The highest BCUT2D eigenvalue weighted by Crippen LogP contribution is 2.37. The summed E-state index contributed by atoms with van der Waals surface area (Å²) in [5.41, 5.74) is 0. The average Bonchev–Trinajstić information content (AvgIpc) is 3.46. The Balaban J connectivity index is 1.44. The molecule has 0 aromatic carbocycles. The molecule has 448 valence electrons. The number of ether oxygens (including phenoxy) is 11. The molecule has 5 aliphatic heterocycles. The van der Waals surface area contributed by atoms with Crippen LogP contribution in [0.5, 0.6) is 0 Å². The summed E-state index contributed by atoms with van der Waals surface area (Å²) in [6.07, 6.45) is -28.8. The maximum Gasteiger partial charge on any atom is 0.295 e. The Bertz CT molecular complexity index is 1930. The van der Waals surface area contributed by atoms with Crippen LogP contribution in [-0.4, -0.2) is 244 Å². The molecule has 9 unspecified atom stereocenters. The van der Waals surface area contributed by atoms with Crippen LogP contribution < -0.4 is 21.3 Å². The number of Topliss-reactive ketones (excluding diaryl/α,β-unsaturated/α-hetero) is 1. The van der Waals surface area contributed by atoms with Gasteiger partial charge in [0.05, 0.1) is 31.0 Å². The van der Waals surface area contributed by atoms with Gasteiger partial charge in [0.2, 0.25) is 29.9 Å². The van der Waals surface area contributed by atoms with E-state index in [1.165, 1.54) is 27.7 Å². The van der Waals surface area contributed by atoms with Gasteiger partial charge in [-0.1, -0.05) is 12.8 Å². The minimum absolute atomic E-state index is 0.0740. The summed E-state index contributed by atoms with van der Waals surface area (Å²) in [4.78, 5) is 74.1. The van der Waals surface area contributed by atoms with Crippen LogP contribution >= 0.6 is 0 Å². The fourth-order valence-electron chi connectivity index (χ4n) is 9.95. The smallest absolute Gasteiger partial charge is 0.295 e. The van der Waals surface area contributed by atoms with Crippen molar-refractivity contribution in [3.05, 3.63) is 0 Å². The van der Waals surface area contributed by atoms with E-state index in [0.29, 0.717) is 57.8 Å². The molecule has 78 heavy (non-hydrogen) atoms. The summed E-state index contributed by atoms with van der Waals surface area (Å²) in [6.45, 7) is 7.11. The van der Waals surface area contributed by atoms with Crippen LogP contribution in [0.15, 0.2) is 0 Å². The lowest BCUT2D eigenvalue weighted by Gasteiger charge is -2.52. The first-order valence-corrected chi connectivity index (χ1v) is 26.5. The lowest BCUT2D eigenvalue weighted by Crippen LogP contribution is -2.71. The summed E-state index contributed by atoms with van der Waals surface area (Å²) < 4.78 is 67.0. The zero-order chi connectivity index (χ0) is 57.5. The van der Waals surface area contributed by atoms with E-state index in [4.69, 9.17) is 52.1 Å².